The van der Waals surface area contributed by atoms with E-state index in [0.717, 1.165) is 13.0 Å². The SMILES string of the molecule is CCOC(=O)CN(C(=O)C1CCNC1)C(C)C. The maximum atomic E-state index is 12.2. The minimum absolute atomic E-state index is 0.00632. The molecule has 1 aliphatic rings. The van der Waals surface area contributed by atoms with Crippen molar-refractivity contribution in [3.8, 4) is 0 Å². The van der Waals surface area contributed by atoms with Gasteiger partial charge < -0.3 is 15.0 Å². The van der Waals surface area contributed by atoms with E-state index in [1.807, 2.05) is 13.8 Å². The molecule has 0 saturated carbocycles. The fraction of sp³-hybridized carbons (Fsp3) is 0.833. The van der Waals surface area contributed by atoms with Gasteiger partial charge in [0.2, 0.25) is 5.91 Å². The summed E-state index contributed by atoms with van der Waals surface area (Å²) in [6.07, 6.45) is 0.852. The predicted molar refractivity (Wildman–Crippen MR) is 64.5 cm³/mol. The molecule has 0 aliphatic carbocycles. The quantitative estimate of drug-likeness (QED) is 0.709. The zero-order valence-electron chi connectivity index (χ0n) is 10.9. The molecule has 0 spiro atoms. The first-order valence-electron chi connectivity index (χ1n) is 6.23. The van der Waals surface area contributed by atoms with Gasteiger partial charge in [-0.05, 0) is 33.7 Å². The van der Waals surface area contributed by atoms with E-state index in [9.17, 15) is 9.59 Å². The molecule has 1 heterocycles. The van der Waals surface area contributed by atoms with Gasteiger partial charge in [-0.15, -0.1) is 0 Å². The Morgan fingerprint density at radius 1 is 1.47 bits per heavy atom. The Balaban J connectivity index is 2.58. The predicted octanol–water partition coefficient (Wildman–Crippen LogP) is 0.396. The molecule has 5 heteroatoms. The highest BCUT2D eigenvalue weighted by molar-refractivity contribution is 5.84. The molecule has 1 aliphatic heterocycles. The van der Waals surface area contributed by atoms with Crippen LogP contribution in [-0.4, -0.2) is 49.1 Å². The van der Waals surface area contributed by atoms with Crippen molar-refractivity contribution in [3.63, 3.8) is 0 Å². The summed E-state index contributed by atoms with van der Waals surface area (Å²) in [6, 6.07) is 0.0208. The van der Waals surface area contributed by atoms with Crippen LogP contribution in [0.2, 0.25) is 0 Å². The summed E-state index contributed by atoms with van der Waals surface area (Å²) in [5.41, 5.74) is 0. The van der Waals surface area contributed by atoms with Crippen LogP contribution >= 0.6 is 0 Å². The number of nitrogens with one attached hydrogen (secondary N) is 1. The molecule has 1 saturated heterocycles. The first-order chi connectivity index (χ1) is 8.06. The van der Waals surface area contributed by atoms with Crippen LogP contribution < -0.4 is 5.32 Å². The molecule has 1 unspecified atom stereocenters. The normalized spacial score (nSPS) is 19.4. The molecule has 1 fully saturated rings. The van der Waals surface area contributed by atoms with Gasteiger partial charge in [0, 0.05) is 12.6 Å². The number of esters is 1. The van der Waals surface area contributed by atoms with Crippen LogP contribution in [0.5, 0.6) is 0 Å². The molecule has 0 bridgehead atoms. The number of ether oxygens (including phenoxy) is 1. The maximum Gasteiger partial charge on any atom is 0.325 e. The molecule has 17 heavy (non-hydrogen) atoms. The Hall–Kier alpha value is -1.10. The second-order valence-corrected chi connectivity index (χ2v) is 4.55. The van der Waals surface area contributed by atoms with Crippen molar-refractivity contribution in [2.45, 2.75) is 33.2 Å². The first-order valence-corrected chi connectivity index (χ1v) is 6.23. The number of hydrogen-bond acceptors (Lipinski definition) is 4. The van der Waals surface area contributed by atoms with Crippen LogP contribution in [0.4, 0.5) is 0 Å². The fourth-order valence-electron chi connectivity index (χ4n) is 1.96. The third-order valence-electron chi connectivity index (χ3n) is 2.92. The lowest BCUT2D eigenvalue weighted by Crippen LogP contribution is -2.44. The van der Waals surface area contributed by atoms with Gasteiger partial charge in [-0.3, -0.25) is 9.59 Å². The monoisotopic (exact) mass is 242 g/mol. The first kappa shape index (κ1) is 14.0. The molecule has 1 rings (SSSR count). The lowest BCUT2D eigenvalue weighted by Gasteiger charge is -2.28. The smallest absolute Gasteiger partial charge is 0.325 e. The van der Waals surface area contributed by atoms with Crippen LogP contribution in [0.15, 0.2) is 0 Å². The molecule has 98 valence electrons. The summed E-state index contributed by atoms with van der Waals surface area (Å²) in [4.78, 5) is 25.3. The van der Waals surface area contributed by atoms with Crippen molar-refractivity contribution in [2.24, 2.45) is 5.92 Å². The summed E-state index contributed by atoms with van der Waals surface area (Å²) in [5, 5.41) is 3.16. The van der Waals surface area contributed by atoms with E-state index in [2.05, 4.69) is 5.32 Å². The van der Waals surface area contributed by atoms with E-state index < -0.39 is 0 Å². The fourth-order valence-corrected chi connectivity index (χ4v) is 1.96. The van der Waals surface area contributed by atoms with E-state index in [-0.39, 0.29) is 30.4 Å². The second-order valence-electron chi connectivity index (χ2n) is 4.55. The summed E-state index contributed by atoms with van der Waals surface area (Å²) in [5.74, 6) is -0.273. The average Bonchev–Trinajstić information content (AvgIpc) is 2.78. The Labute approximate surface area is 102 Å². The van der Waals surface area contributed by atoms with Crippen molar-refractivity contribution >= 4 is 11.9 Å². The summed E-state index contributed by atoms with van der Waals surface area (Å²) in [6.45, 7) is 7.59. The molecule has 1 atom stereocenters. The Morgan fingerprint density at radius 3 is 2.65 bits per heavy atom. The number of hydrogen-bond donors (Lipinski definition) is 1. The van der Waals surface area contributed by atoms with Crippen molar-refractivity contribution in [2.75, 3.05) is 26.2 Å². The van der Waals surface area contributed by atoms with Crippen molar-refractivity contribution in [3.05, 3.63) is 0 Å². The van der Waals surface area contributed by atoms with Gasteiger partial charge in [0.05, 0.1) is 12.5 Å². The molecule has 0 radical (unpaired) electrons. The van der Waals surface area contributed by atoms with Crippen LogP contribution in [0.25, 0.3) is 0 Å². The molecule has 0 aromatic rings. The Morgan fingerprint density at radius 2 is 2.18 bits per heavy atom. The number of nitrogens with zero attached hydrogens (tertiary/aromatic N) is 1. The van der Waals surface area contributed by atoms with Crippen LogP contribution in [0.3, 0.4) is 0 Å². The van der Waals surface area contributed by atoms with Crippen LogP contribution in [-0.2, 0) is 14.3 Å². The number of amides is 1. The number of carbonyl (C=O) groups excluding carboxylic acids is 2. The second kappa shape index (κ2) is 6.59. The van der Waals surface area contributed by atoms with Gasteiger partial charge in [-0.25, -0.2) is 0 Å². The van der Waals surface area contributed by atoms with E-state index in [1.165, 1.54) is 0 Å². The van der Waals surface area contributed by atoms with Crippen molar-refractivity contribution in [1.29, 1.82) is 0 Å². The van der Waals surface area contributed by atoms with Crippen molar-refractivity contribution < 1.29 is 14.3 Å². The van der Waals surface area contributed by atoms with Gasteiger partial charge in [0.1, 0.15) is 6.54 Å². The molecule has 5 nitrogen and oxygen atoms in total. The van der Waals surface area contributed by atoms with E-state index in [0.29, 0.717) is 13.2 Å². The molecule has 1 N–H and O–H groups in total. The highest BCUT2D eigenvalue weighted by atomic mass is 16.5. The van der Waals surface area contributed by atoms with Crippen LogP contribution in [0, 0.1) is 5.92 Å². The lowest BCUT2D eigenvalue weighted by atomic mass is 10.1. The van der Waals surface area contributed by atoms with Gasteiger partial charge >= 0.3 is 5.97 Å². The average molecular weight is 242 g/mol. The molecule has 1 amide bonds. The summed E-state index contributed by atoms with van der Waals surface area (Å²) < 4.78 is 4.89. The molecule has 0 aromatic heterocycles. The van der Waals surface area contributed by atoms with Crippen LogP contribution in [0.1, 0.15) is 27.2 Å². The summed E-state index contributed by atoms with van der Waals surface area (Å²) in [7, 11) is 0. The minimum Gasteiger partial charge on any atom is -0.465 e. The zero-order valence-corrected chi connectivity index (χ0v) is 10.9. The van der Waals surface area contributed by atoms with E-state index in [4.69, 9.17) is 4.74 Å². The highest BCUT2D eigenvalue weighted by Gasteiger charge is 2.29. The van der Waals surface area contributed by atoms with Crippen molar-refractivity contribution in [1.82, 2.24) is 10.2 Å². The number of rotatable bonds is 5. The standard InChI is InChI=1S/C12H22N2O3/c1-4-17-11(15)8-14(9(2)3)12(16)10-5-6-13-7-10/h9-10,13H,4-8H2,1-3H3. The molecular weight excluding hydrogens is 220 g/mol. The molecular formula is C12H22N2O3. The van der Waals surface area contributed by atoms with Gasteiger partial charge in [0.15, 0.2) is 0 Å². The third-order valence-corrected chi connectivity index (χ3v) is 2.92. The van der Waals surface area contributed by atoms with Gasteiger partial charge in [0.25, 0.3) is 0 Å². The third kappa shape index (κ3) is 4.00. The lowest BCUT2D eigenvalue weighted by molar-refractivity contribution is -0.151. The van der Waals surface area contributed by atoms with E-state index in [1.54, 1.807) is 11.8 Å². The van der Waals surface area contributed by atoms with Gasteiger partial charge in [-0.1, -0.05) is 0 Å². The topological polar surface area (TPSA) is 58.6 Å². The zero-order chi connectivity index (χ0) is 12.8. The Bertz CT molecular complexity index is 273. The maximum absolute atomic E-state index is 12.2. The largest absolute Gasteiger partial charge is 0.465 e. The Kier molecular flexibility index (Phi) is 5.41. The van der Waals surface area contributed by atoms with E-state index >= 15 is 0 Å². The highest BCUT2D eigenvalue weighted by Crippen LogP contribution is 2.13. The number of carbonyl (C=O) groups is 2. The summed E-state index contributed by atoms with van der Waals surface area (Å²) >= 11 is 0. The van der Waals surface area contributed by atoms with Gasteiger partial charge in [-0.2, -0.15) is 0 Å². The molecule has 0 aromatic carbocycles. The minimum atomic E-state index is -0.333.